The summed E-state index contributed by atoms with van der Waals surface area (Å²) in [7, 11) is 0. The smallest absolute Gasteiger partial charge is 0.335 e. The normalized spacial score (nSPS) is 12.1. The van der Waals surface area contributed by atoms with Gasteiger partial charge in [-0.1, -0.05) is 0 Å². The van der Waals surface area contributed by atoms with Crippen LogP contribution in [0.15, 0.2) is 24.3 Å². The maximum absolute atomic E-state index is 10.6. The van der Waals surface area contributed by atoms with Gasteiger partial charge < -0.3 is 14.6 Å². The molecule has 1 unspecified atom stereocenters. The van der Waals surface area contributed by atoms with Crippen LogP contribution in [0.25, 0.3) is 0 Å². The Balaban J connectivity index is 2.34. The fourth-order valence-corrected chi connectivity index (χ4v) is 1.40. The molecule has 0 aliphatic rings. The minimum Gasteiger partial charge on any atom is -0.493 e. The van der Waals surface area contributed by atoms with Crippen molar-refractivity contribution in [2.24, 2.45) is 0 Å². The van der Waals surface area contributed by atoms with Gasteiger partial charge in [0.05, 0.1) is 18.3 Å². The van der Waals surface area contributed by atoms with E-state index in [1.165, 1.54) is 12.1 Å². The van der Waals surface area contributed by atoms with E-state index in [1.54, 1.807) is 12.1 Å². The Kier molecular flexibility index (Phi) is 5.49. The molecule has 0 bridgehead atoms. The van der Waals surface area contributed by atoms with Crippen molar-refractivity contribution >= 4 is 5.97 Å². The second-order valence-electron chi connectivity index (χ2n) is 3.73. The molecule has 0 aliphatic heterocycles. The molecule has 0 amide bonds. The average molecular weight is 238 g/mol. The largest absolute Gasteiger partial charge is 0.493 e. The van der Waals surface area contributed by atoms with Crippen molar-refractivity contribution in [3.05, 3.63) is 29.8 Å². The first-order valence-corrected chi connectivity index (χ1v) is 5.71. The highest BCUT2D eigenvalue weighted by Crippen LogP contribution is 2.12. The molecule has 0 radical (unpaired) electrons. The zero-order chi connectivity index (χ0) is 12.7. The Hall–Kier alpha value is -1.55. The zero-order valence-electron chi connectivity index (χ0n) is 10.2. The van der Waals surface area contributed by atoms with E-state index < -0.39 is 5.97 Å². The Morgan fingerprint density at radius 1 is 1.35 bits per heavy atom. The summed E-state index contributed by atoms with van der Waals surface area (Å²) in [6, 6.07) is 6.39. The molecule has 4 nitrogen and oxygen atoms in total. The van der Waals surface area contributed by atoms with Gasteiger partial charge >= 0.3 is 5.97 Å². The zero-order valence-corrected chi connectivity index (χ0v) is 10.2. The Morgan fingerprint density at radius 3 is 2.53 bits per heavy atom. The fourth-order valence-electron chi connectivity index (χ4n) is 1.40. The Bertz CT molecular complexity index is 345. The second-order valence-corrected chi connectivity index (χ2v) is 3.73. The third-order valence-corrected chi connectivity index (χ3v) is 2.35. The van der Waals surface area contributed by atoms with Crippen LogP contribution in [0.3, 0.4) is 0 Å². The lowest BCUT2D eigenvalue weighted by Crippen LogP contribution is -2.12. The van der Waals surface area contributed by atoms with Gasteiger partial charge in [0.25, 0.3) is 0 Å². The molecule has 1 atom stereocenters. The molecule has 4 heteroatoms. The van der Waals surface area contributed by atoms with E-state index in [2.05, 4.69) is 0 Å². The van der Waals surface area contributed by atoms with Gasteiger partial charge in [-0.25, -0.2) is 4.79 Å². The molecule has 94 valence electrons. The van der Waals surface area contributed by atoms with Gasteiger partial charge in [0.2, 0.25) is 0 Å². The van der Waals surface area contributed by atoms with E-state index in [1.807, 2.05) is 13.8 Å². The molecule has 17 heavy (non-hydrogen) atoms. The van der Waals surface area contributed by atoms with Crippen molar-refractivity contribution in [3.63, 3.8) is 0 Å². The third-order valence-electron chi connectivity index (χ3n) is 2.35. The molecule has 0 saturated carbocycles. The molecule has 1 rings (SSSR count). The number of hydrogen-bond acceptors (Lipinski definition) is 3. The first-order valence-electron chi connectivity index (χ1n) is 5.71. The van der Waals surface area contributed by atoms with Crippen LogP contribution in [0.1, 0.15) is 30.6 Å². The molecule has 0 spiro atoms. The van der Waals surface area contributed by atoms with Gasteiger partial charge in [0.1, 0.15) is 5.75 Å². The Morgan fingerprint density at radius 2 is 2.00 bits per heavy atom. The van der Waals surface area contributed by atoms with Gasteiger partial charge in [0.15, 0.2) is 0 Å². The molecule has 0 heterocycles. The molecule has 1 aromatic rings. The Labute approximate surface area is 101 Å². The fraction of sp³-hybridized carbons (Fsp3) is 0.462. The summed E-state index contributed by atoms with van der Waals surface area (Å²) in [5, 5.41) is 8.73. The van der Waals surface area contributed by atoms with E-state index in [4.69, 9.17) is 14.6 Å². The summed E-state index contributed by atoms with van der Waals surface area (Å²) >= 11 is 0. The highest BCUT2D eigenvalue weighted by Gasteiger charge is 2.03. The SMILES string of the molecule is CCOC(C)CCOc1ccc(C(=O)O)cc1. The number of rotatable bonds is 7. The number of carboxylic acids is 1. The molecular weight excluding hydrogens is 220 g/mol. The molecular formula is C13H18O4. The first-order chi connectivity index (χ1) is 8.13. The minimum atomic E-state index is -0.929. The summed E-state index contributed by atoms with van der Waals surface area (Å²) in [6.07, 6.45) is 0.993. The van der Waals surface area contributed by atoms with Crippen LogP contribution in [0.5, 0.6) is 5.75 Å². The van der Waals surface area contributed by atoms with Crippen LogP contribution >= 0.6 is 0 Å². The highest BCUT2D eigenvalue weighted by molar-refractivity contribution is 5.87. The van der Waals surface area contributed by atoms with E-state index in [9.17, 15) is 4.79 Å². The van der Waals surface area contributed by atoms with Crippen molar-refractivity contribution in [1.82, 2.24) is 0 Å². The molecule has 0 fully saturated rings. The van der Waals surface area contributed by atoms with Gasteiger partial charge in [-0.2, -0.15) is 0 Å². The van der Waals surface area contributed by atoms with Crippen LogP contribution < -0.4 is 4.74 Å². The lowest BCUT2D eigenvalue weighted by molar-refractivity contribution is 0.0596. The number of hydrogen-bond donors (Lipinski definition) is 1. The quantitative estimate of drug-likeness (QED) is 0.793. The average Bonchev–Trinajstić information content (AvgIpc) is 2.30. The van der Waals surface area contributed by atoms with Crippen molar-refractivity contribution in [1.29, 1.82) is 0 Å². The first kappa shape index (κ1) is 13.5. The summed E-state index contributed by atoms with van der Waals surface area (Å²) in [6.45, 7) is 5.23. The predicted octanol–water partition coefficient (Wildman–Crippen LogP) is 2.58. The van der Waals surface area contributed by atoms with E-state index in [0.717, 1.165) is 6.42 Å². The number of ether oxygens (including phenoxy) is 2. The van der Waals surface area contributed by atoms with Crippen LogP contribution in [0.2, 0.25) is 0 Å². The molecule has 1 N–H and O–H groups in total. The topological polar surface area (TPSA) is 55.8 Å². The van der Waals surface area contributed by atoms with Crippen molar-refractivity contribution in [2.75, 3.05) is 13.2 Å². The number of aromatic carboxylic acids is 1. The lowest BCUT2D eigenvalue weighted by atomic mass is 10.2. The summed E-state index contributed by atoms with van der Waals surface area (Å²) in [5.74, 6) is -0.250. The maximum Gasteiger partial charge on any atom is 0.335 e. The number of carboxylic acid groups (broad SMARTS) is 1. The highest BCUT2D eigenvalue weighted by atomic mass is 16.5. The monoisotopic (exact) mass is 238 g/mol. The lowest BCUT2D eigenvalue weighted by Gasteiger charge is -2.12. The van der Waals surface area contributed by atoms with Crippen molar-refractivity contribution in [3.8, 4) is 5.75 Å². The van der Waals surface area contributed by atoms with E-state index in [-0.39, 0.29) is 11.7 Å². The van der Waals surface area contributed by atoms with Crippen molar-refractivity contribution in [2.45, 2.75) is 26.4 Å². The molecule has 1 aromatic carbocycles. The number of carbonyl (C=O) groups is 1. The summed E-state index contributed by atoms with van der Waals surface area (Å²) < 4.78 is 10.9. The second kappa shape index (κ2) is 6.91. The van der Waals surface area contributed by atoms with Gasteiger partial charge in [-0.15, -0.1) is 0 Å². The standard InChI is InChI=1S/C13H18O4/c1-3-16-10(2)8-9-17-12-6-4-11(5-7-12)13(14)15/h4-7,10H,3,8-9H2,1-2H3,(H,14,15). The summed E-state index contributed by atoms with van der Waals surface area (Å²) in [4.78, 5) is 10.6. The van der Waals surface area contributed by atoms with Crippen LogP contribution in [-0.4, -0.2) is 30.4 Å². The third kappa shape index (κ3) is 4.87. The molecule has 0 saturated heterocycles. The van der Waals surface area contributed by atoms with Crippen LogP contribution in [0, 0.1) is 0 Å². The van der Waals surface area contributed by atoms with Gasteiger partial charge in [-0.3, -0.25) is 0 Å². The van der Waals surface area contributed by atoms with Crippen LogP contribution in [-0.2, 0) is 4.74 Å². The summed E-state index contributed by atoms with van der Waals surface area (Å²) in [5.41, 5.74) is 0.264. The van der Waals surface area contributed by atoms with E-state index >= 15 is 0 Å². The van der Waals surface area contributed by atoms with Gasteiger partial charge in [0, 0.05) is 13.0 Å². The van der Waals surface area contributed by atoms with Crippen molar-refractivity contribution < 1.29 is 19.4 Å². The van der Waals surface area contributed by atoms with E-state index in [0.29, 0.717) is 19.0 Å². The maximum atomic E-state index is 10.6. The minimum absolute atomic E-state index is 0.179. The number of benzene rings is 1. The van der Waals surface area contributed by atoms with Gasteiger partial charge in [-0.05, 0) is 38.1 Å². The predicted molar refractivity (Wildman–Crippen MR) is 64.6 cm³/mol. The van der Waals surface area contributed by atoms with Crippen LogP contribution in [0.4, 0.5) is 0 Å². The molecule has 0 aliphatic carbocycles. The molecule has 0 aromatic heterocycles.